The van der Waals surface area contributed by atoms with E-state index >= 15 is 0 Å². The van der Waals surface area contributed by atoms with Gasteiger partial charge in [-0.05, 0) is 30.2 Å². The third kappa shape index (κ3) is 5.61. The lowest BCUT2D eigenvalue weighted by molar-refractivity contribution is 0.153. The highest BCUT2D eigenvalue weighted by molar-refractivity contribution is 9.10. The second kappa shape index (κ2) is 7.62. The van der Waals surface area contributed by atoms with Crippen LogP contribution in [0, 0.1) is 6.92 Å². The van der Waals surface area contributed by atoms with Crippen molar-refractivity contribution in [3.63, 3.8) is 0 Å². The predicted molar refractivity (Wildman–Crippen MR) is 82.0 cm³/mol. The molecule has 0 saturated heterocycles. The van der Waals surface area contributed by atoms with Crippen molar-refractivity contribution >= 4 is 26.0 Å². The highest BCUT2D eigenvalue weighted by Crippen LogP contribution is 2.26. The largest absolute Gasteiger partial charge is 0.310 e. The van der Waals surface area contributed by atoms with Gasteiger partial charge < -0.3 is 5.32 Å². The smallest absolute Gasteiger partial charge is 0.251 e. The van der Waals surface area contributed by atoms with E-state index in [9.17, 15) is 17.2 Å². The van der Waals surface area contributed by atoms with Gasteiger partial charge in [-0.3, -0.25) is 0 Å². The summed E-state index contributed by atoms with van der Waals surface area (Å²) in [6.45, 7) is 5.18. The molecule has 0 unspecified atom stereocenters. The van der Waals surface area contributed by atoms with Crippen LogP contribution in [0.2, 0.25) is 0 Å². The summed E-state index contributed by atoms with van der Waals surface area (Å²) in [5.74, 6) is 0. The third-order valence-electron chi connectivity index (χ3n) is 2.79. The Balaban J connectivity index is 3.10. The molecule has 0 amide bonds. The molecule has 0 fully saturated rings. The molecule has 1 rings (SSSR count). The minimum Gasteiger partial charge on any atom is -0.310 e. The first-order chi connectivity index (χ1) is 9.63. The van der Waals surface area contributed by atoms with E-state index in [0.717, 1.165) is 5.56 Å². The van der Waals surface area contributed by atoms with Crippen LogP contribution in [0.5, 0.6) is 0 Å². The van der Waals surface area contributed by atoms with E-state index in [4.69, 9.17) is 0 Å². The molecule has 1 aromatic rings. The molecule has 0 atom stereocenters. The number of sulfonamides is 1. The summed E-state index contributed by atoms with van der Waals surface area (Å²) >= 11 is 3.31. The zero-order chi connectivity index (χ0) is 16.2. The Morgan fingerprint density at radius 2 is 1.90 bits per heavy atom. The van der Waals surface area contributed by atoms with E-state index in [2.05, 4.69) is 21.2 Å². The topological polar surface area (TPSA) is 58.2 Å². The molecule has 4 nitrogen and oxygen atoms in total. The van der Waals surface area contributed by atoms with Gasteiger partial charge >= 0.3 is 0 Å². The lowest BCUT2D eigenvalue weighted by Gasteiger charge is -2.14. The summed E-state index contributed by atoms with van der Waals surface area (Å²) in [5, 5.41) is 3.18. The van der Waals surface area contributed by atoms with Crippen LogP contribution in [0.15, 0.2) is 21.5 Å². The maximum Gasteiger partial charge on any atom is 0.251 e. The fourth-order valence-electron chi connectivity index (χ4n) is 1.66. The van der Waals surface area contributed by atoms with Crippen molar-refractivity contribution in [3.05, 3.63) is 27.7 Å². The van der Waals surface area contributed by atoms with Gasteiger partial charge in [0.1, 0.15) is 0 Å². The molecule has 1 aromatic carbocycles. The molecule has 0 aliphatic rings. The Kier molecular flexibility index (Phi) is 6.71. The van der Waals surface area contributed by atoms with Gasteiger partial charge in [-0.2, -0.15) is 0 Å². The standard InChI is InChI=1S/C13H19BrF2N2O2S/c1-8(2)17-6-10-4-11(14)9(3)12(5-10)21(19,20)18-7-13(15)16/h4-5,8,13,17-18H,6-7H2,1-3H3. The molecule has 120 valence electrons. The molecule has 21 heavy (non-hydrogen) atoms. The fraction of sp³-hybridized carbons (Fsp3) is 0.538. The van der Waals surface area contributed by atoms with Gasteiger partial charge in [-0.1, -0.05) is 29.8 Å². The van der Waals surface area contributed by atoms with E-state index in [0.29, 0.717) is 16.6 Å². The highest BCUT2D eigenvalue weighted by atomic mass is 79.9. The lowest BCUT2D eigenvalue weighted by atomic mass is 10.1. The van der Waals surface area contributed by atoms with E-state index in [1.807, 2.05) is 24.6 Å². The Bertz CT molecular complexity index is 592. The van der Waals surface area contributed by atoms with Gasteiger partial charge in [-0.15, -0.1) is 0 Å². The number of nitrogens with one attached hydrogen (secondary N) is 2. The number of hydrogen-bond donors (Lipinski definition) is 2. The Hall–Kier alpha value is -0.570. The zero-order valence-electron chi connectivity index (χ0n) is 12.1. The Morgan fingerprint density at radius 3 is 2.43 bits per heavy atom. The van der Waals surface area contributed by atoms with Crippen molar-refractivity contribution in [2.24, 2.45) is 0 Å². The average Bonchev–Trinajstić information content (AvgIpc) is 2.37. The first-order valence-electron chi connectivity index (χ1n) is 6.43. The Morgan fingerprint density at radius 1 is 1.29 bits per heavy atom. The van der Waals surface area contributed by atoms with Crippen molar-refractivity contribution in [1.29, 1.82) is 0 Å². The average molecular weight is 385 g/mol. The van der Waals surface area contributed by atoms with Crippen LogP contribution in [0.3, 0.4) is 0 Å². The van der Waals surface area contributed by atoms with Gasteiger partial charge in [-0.25, -0.2) is 21.9 Å². The molecule has 0 aromatic heterocycles. The monoisotopic (exact) mass is 384 g/mol. The summed E-state index contributed by atoms with van der Waals surface area (Å²) < 4.78 is 51.2. The summed E-state index contributed by atoms with van der Waals surface area (Å²) in [5.41, 5.74) is 1.25. The molecular weight excluding hydrogens is 366 g/mol. The maximum atomic E-state index is 12.2. The summed E-state index contributed by atoms with van der Waals surface area (Å²) in [6.07, 6.45) is -2.73. The number of rotatable bonds is 7. The van der Waals surface area contributed by atoms with E-state index < -0.39 is 23.0 Å². The highest BCUT2D eigenvalue weighted by Gasteiger charge is 2.20. The van der Waals surface area contributed by atoms with Crippen LogP contribution < -0.4 is 10.0 Å². The van der Waals surface area contributed by atoms with E-state index in [1.165, 1.54) is 6.07 Å². The van der Waals surface area contributed by atoms with Crippen LogP contribution in [-0.4, -0.2) is 27.4 Å². The molecule has 0 spiro atoms. The van der Waals surface area contributed by atoms with Crippen molar-refractivity contribution in [2.45, 2.75) is 44.7 Å². The van der Waals surface area contributed by atoms with Crippen molar-refractivity contribution in [3.8, 4) is 0 Å². The quantitative estimate of drug-likeness (QED) is 0.759. The molecule has 0 aliphatic heterocycles. The second-order valence-corrected chi connectivity index (χ2v) is 7.57. The molecule has 0 heterocycles. The maximum absolute atomic E-state index is 12.2. The van der Waals surface area contributed by atoms with Crippen LogP contribution >= 0.6 is 15.9 Å². The van der Waals surface area contributed by atoms with E-state index in [-0.39, 0.29) is 10.9 Å². The molecule has 8 heteroatoms. The van der Waals surface area contributed by atoms with Crippen LogP contribution in [0.1, 0.15) is 25.0 Å². The molecule has 0 saturated carbocycles. The van der Waals surface area contributed by atoms with Crippen LogP contribution in [-0.2, 0) is 16.6 Å². The number of halogens is 3. The minimum absolute atomic E-state index is 0.0121. The molecule has 2 N–H and O–H groups in total. The van der Waals surface area contributed by atoms with E-state index in [1.54, 1.807) is 6.92 Å². The molecule has 0 bridgehead atoms. The van der Waals surface area contributed by atoms with Crippen molar-refractivity contribution in [2.75, 3.05) is 6.54 Å². The normalized spacial score (nSPS) is 12.4. The van der Waals surface area contributed by atoms with Gasteiger partial charge in [0.05, 0.1) is 11.4 Å². The van der Waals surface area contributed by atoms with Crippen molar-refractivity contribution in [1.82, 2.24) is 10.0 Å². The summed E-state index contributed by atoms with van der Waals surface area (Å²) in [6, 6.07) is 3.57. The second-order valence-electron chi connectivity index (χ2n) is 4.98. The third-order valence-corrected chi connectivity index (χ3v) is 5.16. The number of hydrogen-bond acceptors (Lipinski definition) is 3. The summed E-state index contributed by atoms with van der Waals surface area (Å²) in [4.78, 5) is 0.0121. The number of alkyl halides is 2. The zero-order valence-corrected chi connectivity index (χ0v) is 14.5. The SMILES string of the molecule is Cc1c(Br)cc(CNC(C)C)cc1S(=O)(=O)NCC(F)F. The fourth-order valence-corrected chi connectivity index (χ4v) is 3.62. The number of benzene rings is 1. The van der Waals surface area contributed by atoms with Gasteiger partial charge in [0.2, 0.25) is 10.0 Å². The van der Waals surface area contributed by atoms with Crippen LogP contribution in [0.4, 0.5) is 8.78 Å². The Labute approximate surface area is 132 Å². The first kappa shape index (κ1) is 18.5. The lowest BCUT2D eigenvalue weighted by Crippen LogP contribution is -2.29. The van der Waals surface area contributed by atoms with Gasteiger partial charge in [0.15, 0.2) is 0 Å². The molecule has 0 radical (unpaired) electrons. The van der Waals surface area contributed by atoms with Gasteiger partial charge in [0, 0.05) is 17.1 Å². The summed E-state index contributed by atoms with van der Waals surface area (Å²) in [7, 11) is -3.96. The van der Waals surface area contributed by atoms with Gasteiger partial charge in [0.25, 0.3) is 6.43 Å². The molecular formula is C13H19BrF2N2O2S. The predicted octanol–water partition coefficient (Wildman–Crippen LogP) is 2.80. The van der Waals surface area contributed by atoms with Crippen LogP contribution in [0.25, 0.3) is 0 Å². The van der Waals surface area contributed by atoms with Crippen molar-refractivity contribution < 1.29 is 17.2 Å². The molecule has 0 aliphatic carbocycles. The minimum atomic E-state index is -3.96. The first-order valence-corrected chi connectivity index (χ1v) is 8.71.